The molecule has 2 aliphatic heterocycles. The lowest BCUT2D eigenvalue weighted by molar-refractivity contribution is -0.142. The van der Waals surface area contributed by atoms with Crippen LogP contribution in [0.1, 0.15) is 56.3 Å². The fourth-order valence-corrected chi connectivity index (χ4v) is 7.13. The maximum atomic E-state index is 11.2. The van der Waals surface area contributed by atoms with Crippen LogP contribution < -0.4 is 10.2 Å². The Hall–Kier alpha value is -2.31. The molecule has 3 N–H and O–H groups in total. The van der Waals surface area contributed by atoms with Gasteiger partial charge in [0.15, 0.2) is 11.4 Å². The zero-order valence-electron chi connectivity index (χ0n) is 20.9. The van der Waals surface area contributed by atoms with E-state index in [-0.39, 0.29) is 11.5 Å². The zero-order valence-corrected chi connectivity index (χ0v) is 23.2. The van der Waals surface area contributed by atoms with Crippen LogP contribution in [-0.2, 0) is 11.3 Å². The van der Waals surface area contributed by atoms with E-state index in [9.17, 15) is 15.0 Å². The van der Waals surface area contributed by atoms with Crippen LogP contribution in [0.4, 0.5) is 10.9 Å². The third-order valence-corrected chi connectivity index (χ3v) is 9.53. The van der Waals surface area contributed by atoms with Crippen molar-refractivity contribution in [2.45, 2.75) is 57.8 Å². The highest BCUT2D eigenvalue weighted by Crippen LogP contribution is 2.39. The van der Waals surface area contributed by atoms with Crippen molar-refractivity contribution >= 4 is 51.2 Å². The first kappa shape index (κ1) is 26.3. The summed E-state index contributed by atoms with van der Waals surface area (Å²) in [7, 11) is 0. The second-order valence-corrected chi connectivity index (χ2v) is 12.6. The summed E-state index contributed by atoms with van der Waals surface area (Å²) in [6, 6.07) is 1.93. The Labute approximate surface area is 229 Å². The number of rotatable bonds is 8. The molecule has 1 atom stereocenters. The molecule has 0 bridgehead atoms. The number of nitrogens with one attached hydrogen (secondary N) is 1. The molecule has 3 aromatic heterocycles. The molecule has 0 spiro atoms. The van der Waals surface area contributed by atoms with Gasteiger partial charge in [0.25, 0.3) is 0 Å². The van der Waals surface area contributed by atoms with E-state index in [0.717, 1.165) is 28.5 Å². The van der Waals surface area contributed by atoms with E-state index in [0.29, 0.717) is 47.6 Å². The Morgan fingerprint density at radius 2 is 2.05 bits per heavy atom. The summed E-state index contributed by atoms with van der Waals surface area (Å²) in [5.41, 5.74) is 1.43. The van der Waals surface area contributed by atoms with E-state index in [1.54, 1.807) is 23.7 Å². The van der Waals surface area contributed by atoms with Gasteiger partial charge in [0.05, 0.1) is 33.9 Å². The maximum absolute atomic E-state index is 11.2. The van der Waals surface area contributed by atoms with E-state index in [1.165, 1.54) is 24.2 Å². The molecular weight excluding hydrogens is 532 g/mol. The number of nitrogens with zero attached hydrogens (tertiary/aromatic N) is 5. The predicted octanol–water partition coefficient (Wildman–Crippen LogP) is 5.09. The average molecular weight is 563 g/mol. The summed E-state index contributed by atoms with van der Waals surface area (Å²) in [6.07, 6.45) is 5.63. The normalized spacial score (nSPS) is 19.3. The summed E-state index contributed by atoms with van der Waals surface area (Å²) in [5, 5.41) is 26.4. The molecule has 0 radical (unpaired) electrons. The van der Waals surface area contributed by atoms with Crippen LogP contribution in [0.25, 0.3) is 10.6 Å². The predicted molar refractivity (Wildman–Crippen MR) is 147 cm³/mol. The largest absolute Gasteiger partial charge is 0.481 e. The third kappa shape index (κ3) is 5.91. The summed E-state index contributed by atoms with van der Waals surface area (Å²) < 4.78 is 0. The van der Waals surface area contributed by atoms with Crippen molar-refractivity contribution in [1.29, 1.82) is 0 Å². The number of aliphatic hydroxyl groups is 1. The number of aliphatic carboxylic acids is 1. The van der Waals surface area contributed by atoms with E-state index < -0.39 is 12.2 Å². The number of anilines is 2. The van der Waals surface area contributed by atoms with Gasteiger partial charge in [-0.3, -0.25) is 14.7 Å². The number of likely N-dealkylation sites (tertiary alicyclic amines) is 1. The van der Waals surface area contributed by atoms with E-state index in [1.807, 2.05) is 16.3 Å². The monoisotopic (exact) mass is 562 g/mol. The Morgan fingerprint density at radius 3 is 2.65 bits per heavy atom. The second kappa shape index (κ2) is 10.8. The number of piperidine rings is 1. The number of hydrogen-bond donors (Lipinski definition) is 3. The van der Waals surface area contributed by atoms with E-state index in [2.05, 4.69) is 34.0 Å². The molecule has 0 amide bonds. The molecule has 2 aliphatic rings. The number of carboxylic acids is 1. The van der Waals surface area contributed by atoms with Crippen molar-refractivity contribution in [3.63, 3.8) is 0 Å². The molecule has 0 aromatic carbocycles. The Balaban J connectivity index is 1.29. The molecule has 0 aliphatic carbocycles. The first-order valence-electron chi connectivity index (χ1n) is 12.4. The van der Waals surface area contributed by atoms with Crippen LogP contribution in [-0.4, -0.2) is 61.2 Å². The number of aromatic nitrogens is 3. The van der Waals surface area contributed by atoms with Gasteiger partial charge in [-0.25, -0.2) is 9.97 Å². The standard InChI is InChI=1S/C25H31ClN6O3S2/c1-25(2)6-3-7-32(25)13-19-21(18-10-16(26)14-36-18)29-24(37-19)30-22(33)17-11-28-20(12-27-17)31-8-4-15(5-9-31)23(34)35/h10-12,14-15,22,33H,3-9,13H2,1-2H3,(H,29,30)(H,34,35). The topological polar surface area (TPSA) is 115 Å². The quantitative estimate of drug-likeness (QED) is 0.323. The lowest BCUT2D eigenvalue weighted by Gasteiger charge is -2.31. The lowest BCUT2D eigenvalue weighted by atomic mass is 9.97. The molecule has 5 rings (SSSR count). The third-order valence-electron chi connectivity index (χ3n) is 7.27. The number of thiophene rings is 1. The highest BCUT2D eigenvalue weighted by molar-refractivity contribution is 7.17. The Kier molecular flexibility index (Phi) is 7.69. The zero-order chi connectivity index (χ0) is 26.2. The number of aliphatic hydroxyl groups excluding tert-OH is 1. The van der Waals surface area contributed by atoms with Gasteiger partial charge in [-0.2, -0.15) is 0 Å². The van der Waals surface area contributed by atoms with Crippen molar-refractivity contribution in [2.75, 3.05) is 29.9 Å². The summed E-state index contributed by atoms with van der Waals surface area (Å²) in [6.45, 7) is 7.65. The molecular formula is C25H31ClN6O3S2. The van der Waals surface area contributed by atoms with Crippen LogP contribution in [0.2, 0.25) is 5.02 Å². The molecule has 0 saturated carbocycles. The minimum Gasteiger partial charge on any atom is -0.481 e. The van der Waals surface area contributed by atoms with Gasteiger partial charge in [0.1, 0.15) is 11.5 Å². The summed E-state index contributed by atoms with van der Waals surface area (Å²) in [4.78, 5) is 31.6. The molecule has 37 heavy (non-hydrogen) atoms. The van der Waals surface area contributed by atoms with Crippen LogP contribution in [0.5, 0.6) is 0 Å². The number of carboxylic acid groups (broad SMARTS) is 1. The van der Waals surface area contributed by atoms with Crippen LogP contribution in [0.3, 0.4) is 0 Å². The Morgan fingerprint density at radius 1 is 1.27 bits per heavy atom. The summed E-state index contributed by atoms with van der Waals surface area (Å²) in [5.74, 6) is -0.360. The molecule has 12 heteroatoms. The van der Waals surface area contributed by atoms with Crippen molar-refractivity contribution in [3.8, 4) is 10.6 Å². The molecule has 2 fully saturated rings. The smallest absolute Gasteiger partial charge is 0.306 e. The van der Waals surface area contributed by atoms with E-state index >= 15 is 0 Å². The van der Waals surface area contributed by atoms with Crippen LogP contribution in [0.15, 0.2) is 23.8 Å². The molecule has 9 nitrogen and oxygen atoms in total. The number of thiazole rings is 1. The average Bonchev–Trinajstić information content (AvgIpc) is 3.57. The number of carbonyl (C=O) groups is 1. The fourth-order valence-electron chi connectivity index (χ4n) is 4.96. The fraction of sp³-hybridized carbons (Fsp3) is 0.520. The lowest BCUT2D eigenvalue weighted by Crippen LogP contribution is -2.37. The minimum absolute atomic E-state index is 0.141. The maximum Gasteiger partial charge on any atom is 0.306 e. The SMILES string of the molecule is CC1(C)CCCN1Cc1sc(NC(O)c2cnc(N3CCC(C(=O)O)CC3)cn2)nc1-c1cc(Cl)cs1. The van der Waals surface area contributed by atoms with Crippen molar-refractivity contribution < 1.29 is 15.0 Å². The van der Waals surface area contributed by atoms with Crippen molar-refractivity contribution in [1.82, 2.24) is 19.9 Å². The minimum atomic E-state index is -1.07. The van der Waals surface area contributed by atoms with Gasteiger partial charge < -0.3 is 20.4 Å². The number of halogens is 1. The van der Waals surface area contributed by atoms with Crippen molar-refractivity contribution in [3.05, 3.63) is 39.4 Å². The highest BCUT2D eigenvalue weighted by Gasteiger charge is 2.33. The summed E-state index contributed by atoms with van der Waals surface area (Å²) >= 11 is 9.32. The molecule has 5 heterocycles. The molecule has 198 valence electrons. The molecule has 1 unspecified atom stereocenters. The Bertz CT molecular complexity index is 1240. The first-order valence-corrected chi connectivity index (χ1v) is 14.5. The van der Waals surface area contributed by atoms with Crippen LogP contribution in [0, 0.1) is 5.92 Å². The molecule has 2 saturated heterocycles. The first-order chi connectivity index (χ1) is 17.7. The van der Waals surface area contributed by atoms with E-state index in [4.69, 9.17) is 16.6 Å². The van der Waals surface area contributed by atoms with Crippen molar-refractivity contribution in [2.24, 2.45) is 5.92 Å². The molecule has 3 aromatic rings. The van der Waals surface area contributed by atoms with Gasteiger partial charge in [-0.05, 0) is 52.1 Å². The second-order valence-electron chi connectivity index (χ2n) is 10.2. The van der Waals surface area contributed by atoms with Gasteiger partial charge in [-0.15, -0.1) is 11.3 Å². The van der Waals surface area contributed by atoms with Gasteiger partial charge in [-0.1, -0.05) is 22.9 Å². The van der Waals surface area contributed by atoms with Crippen LogP contribution >= 0.6 is 34.3 Å². The highest BCUT2D eigenvalue weighted by atomic mass is 35.5. The van der Waals surface area contributed by atoms with Gasteiger partial charge >= 0.3 is 5.97 Å². The van der Waals surface area contributed by atoms with Gasteiger partial charge in [0.2, 0.25) is 0 Å². The van der Waals surface area contributed by atoms with Gasteiger partial charge in [0, 0.05) is 35.4 Å². The number of hydrogen-bond acceptors (Lipinski definition) is 10.